The van der Waals surface area contributed by atoms with Gasteiger partial charge in [-0.1, -0.05) is 12.1 Å². The molecule has 0 spiro atoms. The van der Waals surface area contributed by atoms with Crippen molar-refractivity contribution in [2.24, 2.45) is 0 Å². The number of esters is 1. The van der Waals surface area contributed by atoms with Crippen LogP contribution in [0.5, 0.6) is 5.88 Å². The van der Waals surface area contributed by atoms with Crippen LogP contribution in [0.4, 0.5) is 13.2 Å². The van der Waals surface area contributed by atoms with Crippen LogP contribution >= 0.6 is 0 Å². The van der Waals surface area contributed by atoms with E-state index in [1.165, 1.54) is 25.3 Å². The van der Waals surface area contributed by atoms with E-state index in [-0.39, 0.29) is 18.3 Å². The maximum Gasteiger partial charge on any atom is 0.416 e. The summed E-state index contributed by atoms with van der Waals surface area (Å²) in [6.07, 6.45) is -4.40. The normalized spacial score (nSPS) is 11.2. The molecule has 122 valence electrons. The Labute approximate surface area is 130 Å². The van der Waals surface area contributed by atoms with Crippen LogP contribution < -0.4 is 4.74 Å². The van der Waals surface area contributed by atoms with E-state index in [2.05, 4.69) is 14.7 Å². The molecule has 0 aliphatic heterocycles. The minimum Gasteiger partial charge on any atom is -0.466 e. The number of benzene rings is 1. The Bertz CT molecular complexity index is 700. The van der Waals surface area contributed by atoms with Gasteiger partial charge in [-0.3, -0.25) is 0 Å². The van der Waals surface area contributed by atoms with Gasteiger partial charge in [0.15, 0.2) is 12.4 Å². The summed E-state index contributed by atoms with van der Waals surface area (Å²) in [5.41, 5.74) is 0.204. The van der Waals surface area contributed by atoms with Gasteiger partial charge in [0.1, 0.15) is 0 Å². The van der Waals surface area contributed by atoms with Crippen LogP contribution in [0.15, 0.2) is 30.3 Å². The van der Waals surface area contributed by atoms with Crippen LogP contribution in [-0.2, 0) is 15.7 Å². The predicted octanol–water partition coefficient (Wildman–Crippen LogP) is 3.02. The van der Waals surface area contributed by atoms with Gasteiger partial charge < -0.3 is 9.47 Å². The van der Waals surface area contributed by atoms with Crippen molar-refractivity contribution in [3.63, 3.8) is 0 Å². The molecule has 0 unspecified atom stereocenters. The first kappa shape index (κ1) is 16.7. The minimum atomic E-state index is -4.40. The zero-order valence-corrected chi connectivity index (χ0v) is 12.3. The lowest BCUT2D eigenvalue weighted by Crippen LogP contribution is -2.13. The Balaban J connectivity index is 2.25. The number of aryl methyl sites for hydroxylation is 1. The standard InChI is InChI=1S/C15H13F3N2O3/c1-9-7-12(23-8-13(21)22-2)20-14(19-9)10-3-5-11(6-4-10)15(16,17)18/h3-7H,8H2,1-2H3. The van der Waals surface area contributed by atoms with Crippen LogP contribution in [-0.4, -0.2) is 29.7 Å². The maximum atomic E-state index is 12.6. The van der Waals surface area contributed by atoms with Gasteiger partial charge in [0.05, 0.1) is 12.7 Å². The number of carbonyl (C=O) groups is 1. The summed E-state index contributed by atoms with van der Waals surface area (Å²) in [7, 11) is 1.23. The Morgan fingerprint density at radius 3 is 2.39 bits per heavy atom. The summed E-state index contributed by atoms with van der Waals surface area (Å²) in [6, 6.07) is 5.98. The van der Waals surface area contributed by atoms with Crippen molar-refractivity contribution in [2.75, 3.05) is 13.7 Å². The summed E-state index contributed by atoms with van der Waals surface area (Å²) < 4.78 is 47.3. The zero-order chi connectivity index (χ0) is 17.0. The quantitative estimate of drug-likeness (QED) is 0.808. The number of ether oxygens (including phenoxy) is 2. The van der Waals surface area contributed by atoms with E-state index in [0.29, 0.717) is 11.3 Å². The number of alkyl halides is 3. The van der Waals surface area contributed by atoms with Crippen molar-refractivity contribution in [3.8, 4) is 17.3 Å². The molecule has 8 heteroatoms. The van der Waals surface area contributed by atoms with Crippen molar-refractivity contribution in [2.45, 2.75) is 13.1 Å². The maximum absolute atomic E-state index is 12.6. The van der Waals surface area contributed by atoms with Gasteiger partial charge in [-0.05, 0) is 19.1 Å². The average Bonchev–Trinajstić information content (AvgIpc) is 2.51. The first-order valence-corrected chi connectivity index (χ1v) is 6.52. The van der Waals surface area contributed by atoms with Crippen molar-refractivity contribution in [1.29, 1.82) is 0 Å². The van der Waals surface area contributed by atoms with Crippen LogP contribution in [0, 0.1) is 6.92 Å². The number of nitrogens with zero attached hydrogens (tertiary/aromatic N) is 2. The molecule has 0 aliphatic rings. The fraction of sp³-hybridized carbons (Fsp3) is 0.267. The van der Waals surface area contributed by atoms with E-state index < -0.39 is 17.7 Å². The number of rotatable bonds is 4. The lowest BCUT2D eigenvalue weighted by atomic mass is 10.1. The Kier molecular flexibility index (Phi) is 4.83. The van der Waals surface area contributed by atoms with Gasteiger partial charge in [0, 0.05) is 17.3 Å². The van der Waals surface area contributed by atoms with Crippen LogP contribution in [0.2, 0.25) is 0 Å². The number of methoxy groups -OCH3 is 1. The first-order valence-electron chi connectivity index (χ1n) is 6.52. The van der Waals surface area contributed by atoms with Gasteiger partial charge >= 0.3 is 12.1 Å². The lowest BCUT2D eigenvalue weighted by molar-refractivity contribution is -0.143. The molecule has 0 amide bonds. The molecule has 1 aromatic heterocycles. The topological polar surface area (TPSA) is 61.3 Å². The highest BCUT2D eigenvalue weighted by atomic mass is 19.4. The fourth-order valence-electron chi connectivity index (χ4n) is 1.74. The molecule has 0 radical (unpaired) electrons. The molecule has 23 heavy (non-hydrogen) atoms. The Hall–Kier alpha value is -2.64. The van der Waals surface area contributed by atoms with Gasteiger partial charge in [-0.2, -0.15) is 18.2 Å². The Morgan fingerprint density at radius 2 is 1.83 bits per heavy atom. The van der Waals surface area contributed by atoms with Crippen molar-refractivity contribution >= 4 is 5.97 Å². The monoisotopic (exact) mass is 326 g/mol. The molecule has 1 aromatic carbocycles. The highest BCUT2D eigenvalue weighted by Gasteiger charge is 2.30. The summed E-state index contributed by atoms with van der Waals surface area (Å²) in [5, 5.41) is 0. The van der Waals surface area contributed by atoms with Crippen LogP contribution in [0.1, 0.15) is 11.3 Å². The molecular formula is C15H13F3N2O3. The average molecular weight is 326 g/mol. The van der Waals surface area contributed by atoms with Gasteiger partial charge in [0.2, 0.25) is 5.88 Å². The first-order chi connectivity index (χ1) is 10.8. The number of aromatic nitrogens is 2. The van der Waals surface area contributed by atoms with Gasteiger partial charge in [-0.25, -0.2) is 9.78 Å². The molecule has 0 saturated heterocycles. The number of halogens is 3. The van der Waals surface area contributed by atoms with E-state index in [1.807, 2.05) is 0 Å². The van der Waals surface area contributed by atoms with Crippen molar-refractivity contribution in [1.82, 2.24) is 9.97 Å². The van der Waals surface area contributed by atoms with E-state index in [4.69, 9.17) is 4.74 Å². The Morgan fingerprint density at radius 1 is 1.17 bits per heavy atom. The van der Waals surface area contributed by atoms with Crippen LogP contribution in [0.25, 0.3) is 11.4 Å². The number of hydrogen-bond acceptors (Lipinski definition) is 5. The molecule has 0 saturated carbocycles. The molecule has 5 nitrogen and oxygen atoms in total. The van der Waals surface area contributed by atoms with E-state index in [0.717, 1.165) is 12.1 Å². The second-order valence-corrected chi connectivity index (χ2v) is 4.61. The van der Waals surface area contributed by atoms with E-state index in [9.17, 15) is 18.0 Å². The van der Waals surface area contributed by atoms with Crippen molar-refractivity contribution in [3.05, 3.63) is 41.6 Å². The van der Waals surface area contributed by atoms with E-state index in [1.54, 1.807) is 6.92 Å². The fourth-order valence-corrected chi connectivity index (χ4v) is 1.74. The minimum absolute atomic E-state index is 0.137. The molecule has 0 N–H and O–H groups in total. The molecular weight excluding hydrogens is 313 g/mol. The summed E-state index contributed by atoms with van der Waals surface area (Å²) in [6.45, 7) is 1.36. The molecule has 2 aromatic rings. The molecule has 2 rings (SSSR count). The molecule has 0 aliphatic carbocycles. The zero-order valence-electron chi connectivity index (χ0n) is 12.3. The molecule has 0 atom stereocenters. The van der Waals surface area contributed by atoms with E-state index >= 15 is 0 Å². The second-order valence-electron chi connectivity index (χ2n) is 4.61. The third-order valence-electron chi connectivity index (χ3n) is 2.87. The SMILES string of the molecule is COC(=O)COc1cc(C)nc(-c2ccc(C(F)(F)F)cc2)n1. The summed E-state index contributed by atoms with van der Waals surface area (Å²) in [5.74, 6) is -0.228. The molecule has 0 fully saturated rings. The number of carbonyl (C=O) groups excluding carboxylic acids is 1. The highest BCUT2D eigenvalue weighted by Crippen LogP contribution is 2.30. The third kappa shape index (κ3) is 4.41. The highest BCUT2D eigenvalue weighted by molar-refractivity contribution is 5.70. The number of hydrogen-bond donors (Lipinski definition) is 0. The third-order valence-corrected chi connectivity index (χ3v) is 2.87. The van der Waals surface area contributed by atoms with Crippen molar-refractivity contribution < 1.29 is 27.4 Å². The van der Waals surface area contributed by atoms with Gasteiger partial charge in [-0.15, -0.1) is 0 Å². The molecule has 0 bridgehead atoms. The lowest BCUT2D eigenvalue weighted by Gasteiger charge is -2.09. The van der Waals surface area contributed by atoms with Gasteiger partial charge in [0.25, 0.3) is 0 Å². The largest absolute Gasteiger partial charge is 0.466 e. The summed E-state index contributed by atoms with van der Waals surface area (Å²) in [4.78, 5) is 19.3. The van der Waals surface area contributed by atoms with Crippen LogP contribution in [0.3, 0.4) is 0 Å². The predicted molar refractivity (Wildman–Crippen MR) is 74.7 cm³/mol. The molecule has 1 heterocycles. The second kappa shape index (κ2) is 6.64. The summed E-state index contributed by atoms with van der Waals surface area (Å²) >= 11 is 0. The smallest absolute Gasteiger partial charge is 0.416 e.